The summed E-state index contributed by atoms with van der Waals surface area (Å²) in [5, 5.41) is 11.0. The topological polar surface area (TPSA) is 80.0 Å². The molecule has 0 radical (unpaired) electrons. The lowest BCUT2D eigenvalue weighted by molar-refractivity contribution is -0.132. The van der Waals surface area contributed by atoms with E-state index in [4.69, 9.17) is 20.8 Å². The normalized spacial score (nSPS) is 17.6. The summed E-state index contributed by atoms with van der Waals surface area (Å²) in [4.78, 5) is 27.3. The van der Waals surface area contributed by atoms with Crippen LogP contribution in [0.4, 0.5) is 10.1 Å². The summed E-state index contributed by atoms with van der Waals surface area (Å²) in [7, 11) is 0. The predicted octanol–water partition coefficient (Wildman–Crippen LogP) is 5.71. The fourth-order valence-corrected chi connectivity index (χ4v) is 4.05. The number of carbonyl (C=O) groups is 2. The van der Waals surface area contributed by atoms with Crippen LogP contribution in [0, 0.1) is 19.7 Å². The second-order valence-electron chi connectivity index (χ2n) is 7.63. The number of Topliss-reactive ketones (excluding diaryl/α,β-unsaturated/α-hetero) is 1. The van der Waals surface area contributed by atoms with Crippen molar-refractivity contribution in [2.24, 2.45) is 0 Å². The van der Waals surface area contributed by atoms with E-state index in [2.05, 4.69) is 0 Å². The summed E-state index contributed by atoms with van der Waals surface area (Å²) in [6.45, 7) is 5.88. The second-order valence-corrected chi connectivity index (χ2v) is 8.04. The Hall–Kier alpha value is -3.58. The molecule has 1 unspecified atom stereocenters. The van der Waals surface area contributed by atoms with E-state index in [0.717, 1.165) is 16.5 Å². The Balaban J connectivity index is 1.90. The molecule has 4 rings (SSSR count). The molecule has 0 bridgehead atoms. The highest BCUT2D eigenvalue weighted by Crippen LogP contribution is 2.43. The predicted molar refractivity (Wildman–Crippen MR) is 122 cm³/mol. The molecular formula is C25H21ClFNO5. The van der Waals surface area contributed by atoms with Crippen molar-refractivity contribution in [3.8, 4) is 5.75 Å². The minimum absolute atomic E-state index is 0.140. The van der Waals surface area contributed by atoms with Crippen molar-refractivity contribution >= 4 is 34.7 Å². The number of aliphatic hydroxyl groups excluding tert-OH is 1. The lowest BCUT2D eigenvalue weighted by Crippen LogP contribution is -2.29. The molecule has 1 atom stereocenters. The maximum Gasteiger partial charge on any atom is 0.300 e. The van der Waals surface area contributed by atoms with E-state index in [0.29, 0.717) is 23.7 Å². The van der Waals surface area contributed by atoms with Crippen LogP contribution in [0.1, 0.15) is 35.6 Å². The zero-order valence-corrected chi connectivity index (χ0v) is 18.9. The number of hydrogen-bond donors (Lipinski definition) is 1. The first-order valence-corrected chi connectivity index (χ1v) is 10.7. The van der Waals surface area contributed by atoms with Crippen LogP contribution in [0.2, 0.25) is 5.02 Å². The van der Waals surface area contributed by atoms with Gasteiger partial charge in [0.1, 0.15) is 34.9 Å². The number of ketones is 1. The molecule has 0 spiro atoms. The number of benzene rings is 2. The van der Waals surface area contributed by atoms with Crippen LogP contribution in [-0.4, -0.2) is 23.4 Å². The maximum absolute atomic E-state index is 13.8. The summed E-state index contributed by atoms with van der Waals surface area (Å²) in [5.74, 6) is -1.31. The number of anilines is 1. The van der Waals surface area contributed by atoms with E-state index in [1.165, 1.54) is 12.1 Å². The Labute approximate surface area is 194 Å². The number of aliphatic hydroxyl groups is 1. The van der Waals surface area contributed by atoms with Crippen LogP contribution in [0.3, 0.4) is 0 Å². The van der Waals surface area contributed by atoms with Gasteiger partial charge in [-0.3, -0.25) is 14.5 Å². The maximum atomic E-state index is 13.8. The fraction of sp³-hybridized carbons (Fsp3) is 0.200. The van der Waals surface area contributed by atoms with Gasteiger partial charge >= 0.3 is 0 Å². The molecule has 1 aromatic heterocycles. The van der Waals surface area contributed by atoms with Crippen molar-refractivity contribution in [1.29, 1.82) is 0 Å². The molecule has 1 aliphatic heterocycles. The molecule has 1 N–H and O–H groups in total. The molecule has 1 saturated heterocycles. The van der Waals surface area contributed by atoms with Crippen LogP contribution in [0.25, 0.3) is 5.76 Å². The largest absolute Gasteiger partial charge is 0.507 e. The molecule has 170 valence electrons. The number of hydrogen-bond acceptors (Lipinski definition) is 5. The van der Waals surface area contributed by atoms with Crippen molar-refractivity contribution < 1.29 is 28.2 Å². The van der Waals surface area contributed by atoms with Gasteiger partial charge in [0.2, 0.25) is 0 Å². The molecule has 8 heteroatoms. The smallest absolute Gasteiger partial charge is 0.300 e. The zero-order chi connectivity index (χ0) is 23.9. The third kappa shape index (κ3) is 4.00. The monoisotopic (exact) mass is 469 g/mol. The van der Waals surface area contributed by atoms with Gasteiger partial charge in [0.05, 0.1) is 17.2 Å². The SMILES string of the molecule is CCOc1ccc(/C(O)=C2/C(=O)C(=O)N(c3ccc(F)c(Cl)c3)C2c2ccc(C)o2)cc1C. The van der Waals surface area contributed by atoms with Crippen molar-refractivity contribution in [3.05, 3.63) is 87.6 Å². The molecule has 0 saturated carbocycles. The highest BCUT2D eigenvalue weighted by atomic mass is 35.5. The van der Waals surface area contributed by atoms with Gasteiger partial charge in [0.15, 0.2) is 0 Å². The van der Waals surface area contributed by atoms with E-state index >= 15 is 0 Å². The molecule has 1 aliphatic rings. The van der Waals surface area contributed by atoms with Gasteiger partial charge < -0.3 is 14.3 Å². The second kappa shape index (κ2) is 8.75. The first kappa shape index (κ1) is 22.6. The van der Waals surface area contributed by atoms with Gasteiger partial charge in [-0.15, -0.1) is 0 Å². The molecule has 1 fully saturated rings. The van der Waals surface area contributed by atoms with Gasteiger partial charge in [-0.05, 0) is 74.9 Å². The molecule has 33 heavy (non-hydrogen) atoms. The molecule has 2 aromatic carbocycles. The summed E-state index contributed by atoms with van der Waals surface area (Å²) < 4.78 is 25.0. The molecular weight excluding hydrogens is 449 g/mol. The van der Waals surface area contributed by atoms with E-state index in [1.54, 1.807) is 37.3 Å². The van der Waals surface area contributed by atoms with E-state index in [9.17, 15) is 19.1 Å². The molecule has 2 heterocycles. The summed E-state index contributed by atoms with van der Waals surface area (Å²) in [6, 6.07) is 10.9. The van der Waals surface area contributed by atoms with E-state index in [-0.39, 0.29) is 27.8 Å². The summed E-state index contributed by atoms with van der Waals surface area (Å²) in [6.07, 6.45) is 0. The highest BCUT2D eigenvalue weighted by Gasteiger charge is 2.48. The average Bonchev–Trinajstić information content (AvgIpc) is 3.32. The third-order valence-electron chi connectivity index (χ3n) is 5.40. The van der Waals surface area contributed by atoms with Crippen molar-refractivity contribution in [1.82, 2.24) is 0 Å². The Kier molecular flexibility index (Phi) is 5.99. The van der Waals surface area contributed by atoms with Crippen LogP contribution >= 0.6 is 11.6 Å². The Morgan fingerprint density at radius 2 is 1.91 bits per heavy atom. The number of amides is 1. The molecule has 6 nitrogen and oxygen atoms in total. The van der Waals surface area contributed by atoms with Crippen molar-refractivity contribution in [2.75, 3.05) is 11.5 Å². The van der Waals surface area contributed by atoms with Crippen LogP contribution < -0.4 is 9.64 Å². The van der Waals surface area contributed by atoms with Gasteiger partial charge in [-0.1, -0.05) is 11.6 Å². The average molecular weight is 470 g/mol. The minimum atomic E-state index is -1.06. The molecule has 0 aliphatic carbocycles. The van der Waals surface area contributed by atoms with Gasteiger partial charge in [0, 0.05) is 11.3 Å². The van der Waals surface area contributed by atoms with Crippen molar-refractivity contribution in [2.45, 2.75) is 26.8 Å². The third-order valence-corrected chi connectivity index (χ3v) is 5.69. The van der Waals surface area contributed by atoms with Gasteiger partial charge in [0.25, 0.3) is 11.7 Å². The number of furan rings is 1. The van der Waals surface area contributed by atoms with E-state index in [1.807, 2.05) is 13.8 Å². The molecule has 1 amide bonds. The first-order chi connectivity index (χ1) is 15.7. The number of carbonyl (C=O) groups excluding carboxylic acids is 2. The first-order valence-electron chi connectivity index (χ1n) is 10.3. The summed E-state index contributed by atoms with van der Waals surface area (Å²) >= 11 is 5.93. The number of ether oxygens (including phenoxy) is 1. The number of nitrogens with zero attached hydrogens (tertiary/aromatic N) is 1. The standard InChI is InChI=1S/C25H21ClFNO5/c1-4-32-19-10-6-15(11-13(19)2)23(29)21-22(20-9-5-14(3)33-20)28(25(31)24(21)30)16-7-8-18(27)17(26)12-16/h5-12,22,29H,4H2,1-3H3/b23-21-. The van der Waals surface area contributed by atoms with Crippen LogP contribution in [0.5, 0.6) is 5.75 Å². The van der Waals surface area contributed by atoms with Gasteiger partial charge in [-0.2, -0.15) is 0 Å². The number of aryl methyl sites for hydroxylation is 2. The van der Waals surface area contributed by atoms with E-state index < -0.39 is 23.5 Å². The lowest BCUT2D eigenvalue weighted by Gasteiger charge is -2.23. The Bertz CT molecular complexity index is 1300. The quantitative estimate of drug-likeness (QED) is 0.294. The van der Waals surface area contributed by atoms with Crippen LogP contribution in [-0.2, 0) is 9.59 Å². The van der Waals surface area contributed by atoms with Crippen LogP contribution in [0.15, 0.2) is 58.5 Å². The number of rotatable bonds is 5. The fourth-order valence-electron chi connectivity index (χ4n) is 3.87. The van der Waals surface area contributed by atoms with Crippen molar-refractivity contribution in [3.63, 3.8) is 0 Å². The Morgan fingerprint density at radius 1 is 1.15 bits per heavy atom. The van der Waals surface area contributed by atoms with Gasteiger partial charge in [-0.25, -0.2) is 4.39 Å². The Morgan fingerprint density at radius 3 is 2.52 bits per heavy atom. The summed E-state index contributed by atoms with van der Waals surface area (Å²) in [5.41, 5.74) is 1.16. The highest BCUT2D eigenvalue weighted by molar-refractivity contribution is 6.51. The zero-order valence-electron chi connectivity index (χ0n) is 18.2. The molecule has 3 aromatic rings. The lowest BCUT2D eigenvalue weighted by atomic mass is 9.98. The minimum Gasteiger partial charge on any atom is -0.507 e. The number of halogens is 2.